The highest BCUT2D eigenvalue weighted by Crippen LogP contribution is 2.25. The number of rotatable bonds is 3. The first-order valence-electron chi connectivity index (χ1n) is 5.49. The topological polar surface area (TPSA) is 108 Å². The third-order valence-corrected chi connectivity index (χ3v) is 3.48. The number of oxime groups is 2. The van der Waals surface area contributed by atoms with E-state index in [1.165, 1.54) is 28.3 Å². The molecule has 0 bridgehead atoms. The minimum atomic E-state index is 0.345. The maximum absolute atomic E-state index is 8.55. The van der Waals surface area contributed by atoms with Crippen molar-refractivity contribution in [1.82, 2.24) is 19.8 Å². The van der Waals surface area contributed by atoms with Crippen molar-refractivity contribution in [1.29, 1.82) is 0 Å². The van der Waals surface area contributed by atoms with E-state index >= 15 is 0 Å². The standard InChI is InChI=1S/C11H8N6O2S/c18-12-5-7-2-1-3-8(4-7)10-16-17-9(6-13-19)14-15-11(17)20-10/h1-6,18-19H/b12-5+,13-6+. The van der Waals surface area contributed by atoms with E-state index in [1.54, 1.807) is 0 Å². The Kier molecular flexibility index (Phi) is 3.09. The summed E-state index contributed by atoms with van der Waals surface area (Å²) >= 11 is 1.35. The fourth-order valence-corrected chi connectivity index (χ4v) is 2.54. The quantitative estimate of drug-likeness (QED) is 0.431. The van der Waals surface area contributed by atoms with Crippen molar-refractivity contribution in [2.75, 3.05) is 0 Å². The molecule has 9 heteroatoms. The van der Waals surface area contributed by atoms with Gasteiger partial charge >= 0.3 is 0 Å². The molecule has 0 aliphatic heterocycles. The molecule has 0 saturated carbocycles. The van der Waals surface area contributed by atoms with Gasteiger partial charge in [-0.25, -0.2) is 0 Å². The predicted octanol–water partition coefficient (Wildman–Crippen LogP) is 1.47. The molecule has 0 amide bonds. The van der Waals surface area contributed by atoms with Crippen molar-refractivity contribution in [2.45, 2.75) is 0 Å². The molecule has 8 nitrogen and oxygen atoms in total. The average molecular weight is 288 g/mol. The number of hydrogen-bond donors (Lipinski definition) is 2. The second-order valence-electron chi connectivity index (χ2n) is 3.77. The van der Waals surface area contributed by atoms with Gasteiger partial charge in [0.25, 0.3) is 0 Å². The molecular formula is C11H8N6O2S. The fraction of sp³-hybridized carbons (Fsp3) is 0. The van der Waals surface area contributed by atoms with Crippen LogP contribution in [0.25, 0.3) is 15.5 Å². The van der Waals surface area contributed by atoms with Crippen molar-refractivity contribution in [3.8, 4) is 10.6 Å². The van der Waals surface area contributed by atoms with Gasteiger partial charge in [-0.15, -0.1) is 10.2 Å². The highest BCUT2D eigenvalue weighted by atomic mass is 32.1. The van der Waals surface area contributed by atoms with Gasteiger partial charge in [0.1, 0.15) is 11.2 Å². The molecule has 0 fully saturated rings. The van der Waals surface area contributed by atoms with Gasteiger partial charge in [0.05, 0.1) is 6.21 Å². The lowest BCUT2D eigenvalue weighted by Gasteiger charge is -1.96. The van der Waals surface area contributed by atoms with Crippen molar-refractivity contribution >= 4 is 28.7 Å². The first-order valence-corrected chi connectivity index (χ1v) is 6.31. The molecule has 2 aromatic heterocycles. The number of hydrogen-bond acceptors (Lipinski definition) is 8. The third-order valence-electron chi connectivity index (χ3n) is 2.53. The molecule has 1 aromatic carbocycles. The lowest BCUT2D eigenvalue weighted by molar-refractivity contribution is 0.321. The Bertz CT molecular complexity index is 806. The van der Waals surface area contributed by atoms with Crippen LogP contribution in [-0.2, 0) is 0 Å². The van der Waals surface area contributed by atoms with E-state index in [0.717, 1.165) is 16.1 Å². The van der Waals surface area contributed by atoms with Gasteiger partial charge < -0.3 is 10.4 Å². The van der Waals surface area contributed by atoms with E-state index in [1.807, 2.05) is 24.3 Å². The molecule has 3 rings (SSSR count). The van der Waals surface area contributed by atoms with E-state index in [-0.39, 0.29) is 0 Å². The van der Waals surface area contributed by atoms with Gasteiger partial charge in [-0.3, -0.25) is 0 Å². The van der Waals surface area contributed by atoms with Crippen LogP contribution in [0.2, 0.25) is 0 Å². The van der Waals surface area contributed by atoms with Crippen LogP contribution in [0.4, 0.5) is 0 Å². The minimum Gasteiger partial charge on any atom is -0.411 e. The van der Waals surface area contributed by atoms with Gasteiger partial charge in [0.15, 0.2) is 0 Å². The molecule has 0 spiro atoms. The van der Waals surface area contributed by atoms with E-state index in [9.17, 15) is 0 Å². The van der Waals surface area contributed by atoms with Gasteiger partial charge in [-0.1, -0.05) is 39.8 Å². The Labute approximate surface area is 116 Å². The van der Waals surface area contributed by atoms with Crippen LogP contribution in [-0.4, -0.2) is 42.7 Å². The van der Waals surface area contributed by atoms with Gasteiger partial charge in [0, 0.05) is 5.56 Å². The highest BCUT2D eigenvalue weighted by Gasteiger charge is 2.11. The first kappa shape index (κ1) is 12.2. The lowest BCUT2D eigenvalue weighted by atomic mass is 10.1. The summed E-state index contributed by atoms with van der Waals surface area (Å²) in [6, 6.07) is 7.38. The summed E-state index contributed by atoms with van der Waals surface area (Å²) in [5.74, 6) is 0.345. The normalized spacial score (nSPS) is 12.0. The third kappa shape index (κ3) is 2.10. The van der Waals surface area contributed by atoms with Crippen LogP contribution < -0.4 is 0 Å². The number of nitrogens with zero attached hydrogens (tertiary/aromatic N) is 6. The van der Waals surface area contributed by atoms with Crippen molar-refractivity contribution in [2.24, 2.45) is 10.3 Å². The second-order valence-corrected chi connectivity index (χ2v) is 4.73. The number of benzene rings is 1. The van der Waals surface area contributed by atoms with Gasteiger partial charge in [-0.2, -0.15) is 9.61 Å². The van der Waals surface area contributed by atoms with E-state index in [4.69, 9.17) is 10.4 Å². The predicted molar refractivity (Wildman–Crippen MR) is 72.9 cm³/mol. The molecule has 0 radical (unpaired) electrons. The van der Waals surface area contributed by atoms with Crippen molar-refractivity contribution < 1.29 is 10.4 Å². The monoisotopic (exact) mass is 288 g/mol. The maximum Gasteiger partial charge on any atom is 0.235 e. The molecular weight excluding hydrogens is 280 g/mol. The van der Waals surface area contributed by atoms with Crippen LogP contribution in [0, 0.1) is 0 Å². The molecule has 0 atom stereocenters. The Morgan fingerprint density at radius 1 is 1.15 bits per heavy atom. The zero-order valence-electron chi connectivity index (χ0n) is 9.95. The van der Waals surface area contributed by atoms with E-state index < -0.39 is 0 Å². The summed E-state index contributed by atoms with van der Waals surface area (Å²) in [5, 5.41) is 35.9. The van der Waals surface area contributed by atoms with Gasteiger partial charge in [-0.05, 0) is 11.6 Å². The van der Waals surface area contributed by atoms with Crippen molar-refractivity contribution in [3.63, 3.8) is 0 Å². The van der Waals surface area contributed by atoms with Gasteiger partial charge in [0.2, 0.25) is 10.8 Å². The molecule has 2 N–H and O–H groups in total. The smallest absolute Gasteiger partial charge is 0.235 e. The minimum absolute atomic E-state index is 0.345. The molecule has 0 unspecified atom stereocenters. The molecule has 100 valence electrons. The zero-order chi connectivity index (χ0) is 13.9. The molecule has 20 heavy (non-hydrogen) atoms. The highest BCUT2D eigenvalue weighted by molar-refractivity contribution is 7.19. The summed E-state index contributed by atoms with van der Waals surface area (Å²) in [7, 11) is 0. The average Bonchev–Trinajstić information content (AvgIpc) is 3.02. The van der Waals surface area contributed by atoms with Crippen LogP contribution in [0.15, 0.2) is 34.6 Å². The van der Waals surface area contributed by atoms with E-state index in [0.29, 0.717) is 10.8 Å². The largest absolute Gasteiger partial charge is 0.411 e. The maximum atomic E-state index is 8.55. The lowest BCUT2D eigenvalue weighted by Crippen LogP contribution is -1.94. The Morgan fingerprint density at radius 3 is 2.80 bits per heavy atom. The van der Waals surface area contributed by atoms with Crippen molar-refractivity contribution in [3.05, 3.63) is 35.7 Å². The number of aromatic nitrogens is 4. The fourth-order valence-electron chi connectivity index (χ4n) is 1.70. The molecule has 0 saturated heterocycles. The van der Waals surface area contributed by atoms with Crippen LogP contribution in [0.3, 0.4) is 0 Å². The zero-order valence-corrected chi connectivity index (χ0v) is 10.8. The Morgan fingerprint density at radius 2 is 2.00 bits per heavy atom. The number of fused-ring (bicyclic) bond motifs is 1. The summed E-state index contributed by atoms with van der Waals surface area (Å²) in [6.45, 7) is 0. The SMILES string of the molecule is O/N=C/c1cccc(-c2nn3c(/C=N/O)nnc3s2)c1. The summed E-state index contributed by atoms with van der Waals surface area (Å²) in [5.41, 5.74) is 1.62. The van der Waals surface area contributed by atoms with Crippen LogP contribution in [0.1, 0.15) is 11.4 Å². The molecule has 0 aliphatic rings. The first-order chi connectivity index (χ1) is 9.81. The molecule has 0 aliphatic carbocycles. The van der Waals surface area contributed by atoms with Crippen LogP contribution in [0.5, 0.6) is 0 Å². The summed E-state index contributed by atoms with van der Waals surface area (Å²) in [6.07, 6.45) is 2.51. The molecule has 2 heterocycles. The second kappa shape index (κ2) is 5.05. The summed E-state index contributed by atoms with van der Waals surface area (Å²) < 4.78 is 1.49. The van der Waals surface area contributed by atoms with E-state index in [2.05, 4.69) is 25.6 Å². The summed E-state index contributed by atoms with van der Waals surface area (Å²) in [4.78, 5) is 0.594. The van der Waals surface area contributed by atoms with Crippen LogP contribution >= 0.6 is 11.3 Å². The molecule has 3 aromatic rings. The Balaban J connectivity index is 2.08. The Hall–Kier alpha value is -2.81.